The summed E-state index contributed by atoms with van der Waals surface area (Å²) in [4.78, 5) is 0. The number of hydrogen-bond acceptors (Lipinski definition) is 2. The van der Waals surface area contributed by atoms with Crippen molar-refractivity contribution in [3.8, 4) is 0 Å². The second-order valence-electron chi connectivity index (χ2n) is 3.86. The fraction of sp³-hybridized carbons (Fsp3) is 0.636. The Kier molecular flexibility index (Phi) is 4.03. The van der Waals surface area contributed by atoms with E-state index in [1.807, 2.05) is 13.0 Å². The summed E-state index contributed by atoms with van der Waals surface area (Å²) in [5, 5.41) is 3.40. The maximum Gasteiger partial charge on any atom is 0.105 e. The summed E-state index contributed by atoms with van der Waals surface area (Å²) < 4.78 is 5.20. The second kappa shape index (κ2) is 5.07. The first-order valence-electron chi connectivity index (χ1n) is 4.94. The van der Waals surface area contributed by atoms with E-state index in [9.17, 15) is 0 Å². The smallest absolute Gasteiger partial charge is 0.105 e. The standard InChI is InChI=1S/C11H19NO/c1-9(2)4-6-12-8-11-5-7-13-10(11)3/h5,7,9,12H,4,6,8H2,1-3H3. The second-order valence-corrected chi connectivity index (χ2v) is 3.86. The minimum Gasteiger partial charge on any atom is -0.469 e. The summed E-state index contributed by atoms with van der Waals surface area (Å²) in [6.45, 7) is 8.49. The SMILES string of the molecule is Cc1occc1CNCCC(C)C. The van der Waals surface area contributed by atoms with Gasteiger partial charge in [-0.15, -0.1) is 0 Å². The van der Waals surface area contributed by atoms with Crippen molar-refractivity contribution in [3.63, 3.8) is 0 Å². The highest BCUT2D eigenvalue weighted by atomic mass is 16.3. The normalized spacial score (nSPS) is 11.1. The molecule has 0 saturated carbocycles. The van der Waals surface area contributed by atoms with E-state index in [0.29, 0.717) is 0 Å². The molecule has 0 aliphatic heterocycles. The summed E-state index contributed by atoms with van der Waals surface area (Å²) in [7, 11) is 0. The zero-order valence-corrected chi connectivity index (χ0v) is 8.76. The van der Waals surface area contributed by atoms with Gasteiger partial charge in [0, 0.05) is 12.1 Å². The third-order valence-electron chi connectivity index (χ3n) is 2.18. The number of furan rings is 1. The number of hydrogen-bond donors (Lipinski definition) is 1. The van der Waals surface area contributed by atoms with Crippen molar-refractivity contribution in [2.45, 2.75) is 33.7 Å². The Morgan fingerprint density at radius 2 is 2.23 bits per heavy atom. The number of aryl methyl sites for hydroxylation is 1. The van der Waals surface area contributed by atoms with Crippen molar-refractivity contribution < 1.29 is 4.42 Å². The summed E-state index contributed by atoms with van der Waals surface area (Å²) >= 11 is 0. The van der Waals surface area contributed by atoms with Gasteiger partial charge in [-0.3, -0.25) is 0 Å². The van der Waals surface area contributed by atoms with Crippen LogP contribution in [0.1, 0.15) is 31.6 Å². The molecule has 0 fully saturated rings. The highest BCUT2D eigenvalue weighted by molar-refractivity contribution is 5.14. The Balaban J connectivity index is 2.17. The van der Waals surface area contributed by atoms with E-state index in [4.69, 9.17) is 4.42 Å². The van der Waals surface area contributed by atoms with Crippen LogP contribution in [0.4, 0.5) is 0 Å². The quantitative estimate of drug-likeness (QED) is 0.706. The highest BCUT2D eigenvalue weighted by Crippen LogP contribution is 2.07. The Morgan fingerprint density at radius 3 is 2.77 bits per heavy atom. The van der Waals surface area contributed by atoms with Crippen LogP contribution in [0.5, 0.6) is 0 Å². The lowest BCUT2D eigenvalue weighted by Crippen LogP contribution is -2.16. The first-order chi connectivity index (χ1) is 6.20. The Bertz CT molecular complexity index is 240. The molecule has 0 aliphatic carbocycles. The molecule has 0 bridgehead atoms. The number of rotatable bonds is 5. The van der Waals surface area contributed by atoms with E-state index >= 15 is 0 Å². The van der Waals surface area contributed by atoms with Crippen molar-refractivity contribution >= 4 is 0 Å². The Hall–Kier alpha value is -0.760. The van der Waals surface area contributed by atoms with Gasteiger partial charge in [0.15, 0.2) is 0 Å². The van der Waals surface area contributed by atoms with Gasteiger partial charge in [0.2, 0.25) is 0 Å². The lowest BCUT2D eigenvalue weighted by molar-refractivity contribution is 0.516. The minimum atomic E-state index is 0.776. The van der Waals surface area contributed by atoms with Gasteiger partial charge < -0.3 is 9.73 Å². The van der Waals surface area contributed by atoms with E-state index in [0.717, 1.165) is 24.8 Å². The van der Waals surface area contributed by atoms with Crippen LogP contribution in [0.25, 0.3) is 0 Å². The van der Waals surface area contributed by atoms with Crippen LogP contribution in [0.2, 0.25) is 0 Å². The Morgan fingerprint density at radius 1 is 1.46 bits per heavy atom. The van der Waals surface area contributed by atoms with Gasteiger partial charge in [-0.1, -0.05) is 13.8 Å². The monoisotopic (exact) mass is 181 g/mol. The molecule has 0 spiro atoms. The first-order valence-corrected chi connectivity index (χ1v) is 4.94. The molecule has 2 heteroatoms. The average Bonchev–Trinajstić information content (AvgIpc) is 2.45. The van der Waals surface area contributed by atoms with Crippen LogP contribution in [-0.2, 0) is 6.54 Å². The van der Waals surface area contributed by atoms with Gasteiger partial charge in [-0.25, -0.2) is 0 Å². The highest BCUT2D eigenvalue weighted by Gasteiger charge is 1.99. The van der Waals surface area contributed by atoms with Gasteiger partial charge in [0.05, 0.1) is 6.26 Å². The third-order valence-corrected chi connectivity index (χ3v) is 2.18. The van der Waals surface area contributed by atoms with Crippen LogP contribution >= 0.6 is 0 Å². The molecule has 1 rings (SSSR count). The van der Waals surface area contributed by atoms with E-state index in [1.165, 1.54) is 12.0 Å². The van der Waals surface area contributed by atoms with Crippen LogP contribution in [0, 0.1) is 12.8 Å². The molecule has 0 saturated heterocycles. The fourth-order valence-electron chi connectivity index (χ4n) is 1.21. The summed E-state index contributed by atoms with van der Waals surface area (Å²) in [6.07, 6.45) is 2.98. The van der Waals surface area contributed by atoms with Crippen molar-refractivity contribution in [1.82, 2.24) is 5.32 Å². The van der Waals surface area contributed by atoms with Gasteiger partial charge in [0.25, 0.3) is 0 Å². The molecule has 13 heavy (non-hydrogen) atoms. The lowest BCUT2D eigenvalue weighted by Gasteiger charge is -2.05. The zero-order chi connectivity index (χ0) is 9.68. The topological polar surface area (TPSA) is 25.2 Å². The summed E-state index contributed by atoms with van der Waals surface area (Å²) in [5.41, 5.74) is 1.27. The molecule has 1 aromatic rings. The molecular weight excluding hydrogens is 162 g/mol. The van der Waals surface area contributed by atoms with Crippen molar-refractivity contribution in [2.24, 2.45) is 5.92 Å². The molecule has 0 unspecified atom stereocenters. The minimum absolute atomic E-state index is 0.776. The molecular formula is C11H19NO. The molecule has 1 N–H and O–H groups in total. The Labute approximate surface area is 80.3 Å². The zero-order valence-electron chi connectivity index (χ0n) is 8.76. The molecule has 2 nitrogen and oxygen atoms in total. The molecule has 0 amide bonds. The van der Waals surface area contributed by atoms with Crippen LogP contribution < -0.4 is 5.32 Å². The predicted octanol–water partition coefficient (Wildman–Crippen LogP) is 2.72. The van der Waals surface area contributed by atoms with E-state index in [-0.39, 0.29) is 0 Å². The average molecular weight is 181 g/mol. The van der Waals surface area contributed by atoms with Crippen LogP contribution in [0.15, 0.2) is 16.7 Å². The molecule has 1 aromatic heterocycles. The van der Waals surface area contributed by atoms with E-state index in [2.05, 4.69) is 19.2 Å². The molecule has 74 valence electrons. The number of nitrogens with one attached hydrogen (secondary N) is 1. The fourth-order valence-corrected chi connectivity index (χ4v) is 1.21. The van der Waals surface area contributed by atoms with Crippen molar-refractivity contribution in [3.05, 3.63) is 23.7 Å². The summed E-state index contributed by atoms with van der Waals surface area (Å²) in [6, 6.07) is 2.03. The van der Waals surface area contributed by atoms with E-state index in [1.54, 1.807) is 6.26 Å². The van der Waals surface area contributed by atoms with Gasteiger partial charge >= 0.3 is 0 Å². The maximum absolute atomic E-state index is 5.20. The largest absolute Gasteiger partial charge is 0.469 e. The van der Waals surface area contributed by atoms with Gasteiger partial charge in [-0.2, -0.15) is 0 Å². The molecule has 0 aliphatic rings. The lowest BCUT2D eigenvalue weighted by atomic mass is 10.1. The van der Waals surface area contributed by atoms with Crippen molar-refractivity contribution in [1.29, 1.82) is 0 Å². The maximum atomic E-state index is 5.20. The van der Waals surface area contributed by atoms with E-state index < -0.39 is 0 Å². The van der Waals surface area contributed by atoms with Gasteiger partial charge in [0.1, 0.15) is 5.76 Å². The predicted molar refractivity (Wildman–Crippen MR) is 54.6 cm³/mol. The van der Waals surface area contributed by atoms with Crippen LogP contribution in [0.3, 0.4) is 0 Å². The molecule has 0 atom stereocenters. The molecule has 0 aromatic carbocycles. The van der Waals surface area contributed by atoms with Gasteiger partial charge in [-0.05, 0) is 31.9 Å². The molecule has 1 heterocycles. The van der Waals surface area contributed by atoms with Crippen LogP contribution in [-0.4, -0.2) is 6.54 Å². The molecule has 0 radical (unpaired) electrons. The van der Waals surface area contributed by atoms with Crippen molar-refractivity contribution in [2.75, 3.05) is 6.54 Å². The first kappa shape index (κ1) is 10.3. The summed E-state index contributed by atoms with van der Waals surface area (Å²) in [5.74, 6) is 1.80. The third kappa shape index (κ3) is 3.64.